The first-order valence-electron chi connectivity index (χ1n) is 9.14. The molecule has 7 heteroatoms. The fraction of sp³-hybridized carbons (Fsp3) is 0.350. The van der Waals surface area contributed by atoms with E-state index in [1.807, 2.05) is 19.1 Å². The van der Waals surface area contributed by atoms with Gasteiger partial charge in [-0.25, -0.2) is 13.4 Å². The van der Waals surface area contributed by atoms with Crippen LogP contribution in [0, 0.1) is 6.92 Å². The Morgan fingerprint density at radius 2 is 1.96 bits per heavy atom. The van der Waals surface area contributed by atoms with Crippen molar-refractivity contribution in [3.05, 3.63) is 47.8 Å². The first-order chi connectivity index (χ1) is 13.0. The Balaban J connectivity index is 1.70. The van der Waals surface area contributed by atoms with Crippen LogP contribution < -0.4 is 9.46 Å². The van der Waals surface area contributed by atoms with E-state index >= 15 is 0 Å². The van der Waals surface area contributed by atoms with Crippen LogP contribution in [-0.2, 0) is 23.0 Å². The minimum absolute atomic E-state index is 0.130. The van der Waals surface area contributed by atoms with Gasteiger partial charge < -0.3 is 9.30 Å². The van der Waals surface area contributed by atoms with Crippen molar-refractivity contribution >= 4 is 26.7 Å². The van der Waals surface area contributed by atoms with E-state index < -0.39 is 10.0 Å². The monoisotopic (exact) mass is 385 g/mol. The molecule has 1 aromatic heterocycles. The second kappa shape index (κ2) is 6.88. The summed E-state index contributed by atoms with van der Waals surface area (Å²) in [6.45, 7) is 2.82. The molecule has 3 aromatic rings. The zero-order valence-corrected chi connectivity index (χ0v) is 16.3. The molecule has 0 fully saturated rings. The van der Waals surface area contributed by atoms with Gasteiger partial charge in [0.2, 0.25) is 0 Å². The summed E-state index contributed by atoms with van der Waals surface area (Å²) in [4.78, 5) is 4.86. The number of aromatic nitrogens is 2. The van der Waals surface area contributed by atoms with Gasteiger partial charge in [-0.15, -0.1) is 0 Å². The number of hydrogen-bond acceptors (Lipinski definition) is 4. The number of imidazole rings is 1. The number of hydrogen-bond donors (Lipinski definition) is 1. The smallest absolute Gasteiger partial charge is 0.265 e. The number of fused-ring (bicyclic) bond motifs is 3. The van der Waals surface area contributed by atoms with Gasteiger partial charge >= 0.3 is 0 Å². The molecule has 0 bridgehead atoms. The maximum atomic E-state index is 12.9. The first-order valence-corrected chi connectivity index (χ1v) is 10.6. The molecular weight excluding hydrogens is 362 g/mol. The lowest BCUT2D eigenvalue weighted by Crippen LogP contribution is -2.14. The van der Waals surface area contributed by atoms with Crippen LogP contribution in [0.5, 0.6) is 5.75 Å². The van der Waals surface area contributed by atoms with Gasteiger partial charge in [-0.2, -0.15) is 0 Å². The second-order valence-corrected chi connectivity index (χ2v) is 8.60. The summed E-state index contributed by atoms with van der Waals surface area (Å²) in [5, 5.41) is 0. The summed E-state index contributed by atoms with van der Waals surface area (Å²) < 4.78 is 35.9. The van der Waals surface area contributed by atoms with Crippen molar-refractivity contribution < 1.29 is 13.2 Å². The molecule has 142 valence electrons. The van der Waals surface area contributed by atoms with E-state index in [1.54, 1.807) is 24.3 Å². The lowest BCUT2D eigenvalue weighted by Gasteiger charge is -2.12. The average molecular weight is 385 g/mol. The third-order valence-electron chi connectivity index (χ3n) is 4.97. The summed E-state index contributed by atoms with van der Waals surface area (Å²) >= 11 is 0. The molecule has 1 N–H and O–H groups in total. The van der Waals surface area contributed by atoms with Crippen molar-refractivity contribution in [1.29, 1.82) is 0 Å². The van der Waals surface area contributed by atoms with Crippen molar-refractivity contribution in [2.24, 2.45) is 0 Å². The highest BCUT2D eigenvalue weighted by Crippen LogP contribution is 2.29. The number of rotatable bonds is 4. The molecular formula is C20H23N3O3S. The van der Waals surface area contributed by atoms with Crippen LogP contribution in [0.4, 0.5) is 5.69 Å². The van der Waals surface area contributed by atoms with Crippen LogP contribution in [0.25, 0.3) is 11.0 Å². The molecule has 2 heterocycles. The van der Waals surface area contributed by atoms with Gasteiger partial charge in [-0.1, -0.05) is 12.5 Å². The number of methoxy groups -OCH3 is 1. The van der Waals surface area contributed by atoms with Crippen molar-refractivity contribution in [3.8, 4) is 5.75 Å². The number of anilines is 1. The van der Waals surface area contributed by atoms with E-state index in [1.165, 1.54) is 13.5 Å². The zero-order chi connectivity index (χ0) is 19.0. The maximum absolute atomic E-state index is 12.9. The number of sulfonamides is 1. The molecule has 0 saturated carbocycles. The van der Waals surface area contributed by atoms with E-state index in [2.05, 4.69) is 9.29 Å². The van der Waals surface area contributed by atoms with E-state index in [0.717, 1.165) is 48.2 Å². The third kappa shape index (κ3) is 3.39. The highest BCUT2D eigenvalue weighted by Gasteiger charge is 2.21. The van der Waals surface area contributed by atoms with Gasteiger partial charge in [0.05, 0.1) is 23.8 Å². The maximum Gasteiger partial charge on any atom is 0.265 e. The van der Waals surface area contributed by atoms with E-state index in [0.29, 0.717) is 11.4 Å². The normalized spacial score (nSPS) is 14.6. The topological polar surface area (TPSA) is 73.2 Å². The Morgan fingerprint density at radius 3 is 2.78 bits per heavy atom. The van der Waals surface area contributed by atoms with Gasteiger partial charge in [-0.05, 0) is 55.7 Å². The molecule has 4 rings (SSSR count). The fourth-order valence-corrected chi connectivity index (χ4v) is 4.92. The minimum Gasteiger partial charge on any atom is -0.495 e. The van der Waals surface area contributed by atoms with Crippen LogP contribution in [-0.4, -0.2) is 25.1 Å². The van der Waals surface area contributed by atoms with Crippen molar-refractivity contribution in [3.63, 3.8) is 0 Å². The molecule has 27 heavy (non-hydrogen) atoms. The number of benzene rings is 2. The van der Waals surface area contributed by atoms with Gasteiger partial charge in [0.25, 0.3) is 10.0 Å². The molecule has 0 spiro atoms. The van der Waals surface area contributed by atoms with Gasteiger partial charge in [-0.3, -0.25) is 4.72 Å². The quantitative estimate of drug-likeness (QED) is 0.740. The average Bonchev–Trinajstić information content (AvgIpc) is 2.81. The summed E-state index contributed by atoms with van der Waals surface area (Å²) in [5.74, 6) is 1.41. The molecule has 0 aliphatic carbocycles. The van der Waals surface area contributed by atoms with Crippen LogP contribution in [0.2, 0.25) is 0 Å². The zero-order valence-electron chi connectivity index (χ0n) is 15.5. The predicted molar refractivity (Wildman–Crippen MR) is 106 cm³/mol. The Kier molecular flexibility index (Phi) is 4.55. The molecule has 0 radical (unpaired) electrons. The highest BCUT2D eigenvalue weighted by molar-refractivity contribution is 7.92. The Hall–Kier alpha value is -2.54. The Morgan fingerprint density at radius 1 is 1.11 bits per heavy atom. The summed E-state index contributed by atoms with van der Waals surface area (Å²) in [6, 6.07) is 10.6. The molecule has 1 aliphatic rings. The van der Waals surface area contributed by atoms with Gasteiger partial charge in [0, 0.05) is 13.0 Å². The largest absolute Gasteiger partial charge is 0.495 e. The molecule has 0 atom stereocenters. The number of aryl methyl sites for hydroxylation is 3. The molecule has 0 amide bonds. The summed E-state index contributed by atoms with van der Waals surface area (Å²) in [6.07, 6.45) is 4.49. The van der Waals surface area contributed by atoms with Gasteiger partial charge in [0.1, 0.15) is 16.5 Å². The number of ether oxygens (including phenoxy) is 1. The summed E-state index contributed by atoms with van der Waals surface area (Å²) in [5.41, 5.74) is 3.23. The third-order valence-corrected chi connectivity index (χ3v) is 6.37. The Labute approximate surface area is 159 Å². The van der Waals surface area contributed by atoms with E-state index in [4.69, 9.17) is 9.72 Å². The van der Waals surface area contributed by atoms with E-state index in [-0.39, 0.29) is 4.90 Å². The van der Waals surface area contributed by atoms with Crippen molar-refractivity contribution in [1.82, 2.24) is 9.55 Å². The van der Waals surface area contributed by atoms with Crippen molar-refractivity contribution in [2.75, 3.05) is 11.8 Å². The number of nitrogens with zero attached hydrogens (tertiary/aromatic N) is 2. The summed E-state index contributed by atoms with van der Waals surface area (Å²) in [7, 11) is -2.30. The molecule has 6 nitrogen and oxygen atoms in total. The van der Waals surface area contributed by atoms with Crippen LogP contribution in [0.1, 0.15) is 30.7 Å². The van der Waals surface area contributed by atoms with Crippen LogP contribution in [0.3, 0.4) is 0 Å². The fourth-order valence-electron chi connectivity index (χ4n) is 3.62. The standard InChI is InChI=1S/C20H23N3O3S/c1-14-7-10-18(26-2)19(12-14)27(24,25)22-15-8-9-17-16(13-15)21-20-6-4-3-5-11-23(17)20/h7-10,12-13,22H,3-6,11H2,1-2H3. The SMILES string of the molecule is COc1ccc(C)cc1S(=O)(=O)Nc1ccc2c(c1)nc1n2CCCCC1. The lowest BCUT2D eigenvalue weighted by atomic mass is 10.2. The Bertz CT molecular complexity index is 1100. The first kappa shape index (κ1) is 17.9. The molecule has 2 aromatic carbocycles. The van der Waals surface area contributed by atoms with Gasteiger partial charge in [0.15, 0.2) is 0 Å². The molecule has 0 saturated heterocycles. The predicted octanol–water partition coefficient (Wildman–Crippen LogP) is 3.88. The highest BCUT2D eigenvalue weighted by atomic mass is 32.2. The number of nitrogens with one attached hydrogen (secondary N) is 1. The second-order valence-electron chi connectivity index (χ2n) is 6.95. The lowest BCUT2D eigenvalue weighted by molar-refractivity contribution is 0.402. The van der Waals surface area contributed by atoms with Crippen LogP contribution in [0.15, 0.2) is 41.3 Å². The van der Waals surface area contributed by atoms with Crippen LogP contribution >= 0.6 is 0 Å². The minimum atomic E-state index is -3.76. The van der Waals surface area contributed by atoms with Crippen molar-refractivity contribution in [2.45, 2.75) is 44.0 Å². The van der Waals surface area contributed by atoms with E-state index in [9.17, 15) is 8.42 Å². The molecule has 1 aliphatic heterocycles. The molecule has 0 unspecified atom stereocenters.